The van der Waals surface area contributed by atoms with Gasteiger partial charge in [0.1, 0.15) is 0 Å². The fourth-order valence-corrected chi connectivity index (χ4v) is 2.43. The van der Waals surface area contributed by atoms with Gasteiger partial charge in [0, 0.05) is 31.7 Å². The zero-order valence-corrected chi connectivity index (χ0v) is 8.92. The topological polar surface area (TPSA) is 44.4 Å². The number of nitrogens with one attached hydrogen (secondary N) is 2. The molecule has 0 aromatic carbocycles. The van der Waals surface area contributed by atoms with Gasteiger partial charge in [0.05, 0.1) is 0 Å². The van der Waals surface area contributed by atoms with E-state index >= 15 is 0 Å². The van der Waals surface area contributed by atoms with E-state index in [-0.39, 0.29) is 12.1 Å². The highest BCUT2D eigenvalue weighted by atomic mass is 16.2. The van der Waals surface area contributed by atoms with Crippen LogP contribution in [0, 0.1) is 5.92 Å². The first kappa shape index (κ1) is 9.77. The molecule has 0 radical (unpaired) electrons. The van der Waals surface area contributed by atoms with Gasteiger partial charge >= 0.3 is 6.03 Å². The Balaban J connectivity index is 1.94. The molecular weight excluding hydrogens is 178 g/mol. The molecule has 0 aromatic heterocycles. The van der Waals surface area contributed by atoms with Gasteiger partial charge in [-0.25, -0.2) is 4.79 Å². The van der Waals surface area contributed by atoms with E-state index in [0.717, 1.165) is 26.1 Å². The SMILES string of the molecule is CC(C)NC(=O)N1CC[C@H]2CNC[C@H]21. The molecule has 2 amide bonds. The first-order valence-electron chi connectivity index (χ1n) is 5.46. The van der Waals surface area contributed by atoms with Crippen molar-refractivity contribution in [3.05, 3.63) is 0 Å². The number of hydrogen-bond acceptors (Lipinski definition) is 2. The first-order chi connectivity index (χ1) is 6.68. The maximum absolute atomic E-state index is 11.8. The Morgan fingerprint density at radius 3 is 3.00 bits per heavy atom. The van der Waals surface area contributed by atoms with E-state index in [2.05, 4.69) is 10.6 Å². The van der Waals surface area contributed by atoms with Crippen molar-refractivity contribution in [2.75, 3.05) is 19.6 Å². The van der Waals surface area contributed by atoms with Gasteiger partial charge in [-0.15, -0.1) is 0 Å². The average Bonchev–Trinajstić information content (AvgIpc) is 2.59. The summed E-state index contributed by atoms with van der Waals surface area (Å²) in [7, 11) is 0. The highest BCUT2D eigenvalue weighted by Crippen LogP contribution is 2.26. The van der Waals surface area contributed by atoms with E-state index in [0.29, 0.717) is 12.0 Å². The molecule has 0 spiro atoms. The molecule has 2 fully saturated rings. The predicted octanol–water partition coefficient (Wildman–Crippen LogP) is 0.398. The molecule has 2 heterocycles. The Labute approximate surface area is 85.0 Å². The van der Waals surface area contributed by atoms with E-state index < -0.39 is 0 Å². The molecule has 80 valence electrons. The second kappa shape index (κ2) is 3.77. The Hall–Kier alpha value is -0.770. The van der Waals surface area contributed by atoms with Crippen LogP contribution in [0.5, 0.6) is 0 Å². The Morgan fingerprint density at radius 1 is 1.50 bits per heavy atom. The molecule has 0 unspecified atom stereocenters. The van der Waals surface area contributed by atoms with Gasteiger partial charge in [0.25, 0.3) is 0 Å². The number of nitrogens with zero attached hydrogens (tertiary/aromatic N) is 1. The summed E-state index contributed by atoms with van der Waals surface area (Å²) in [6.07, 6.45) is 1.16. The van der Waals surface area contributed by atoms with Gasteiger partial charge in [-0.3, -0.25) is 0 Å². The third kappa shape index (κ3) is 1.71. The maximum Gasteiger partial charge on any atom is 0.317 e. The first-order valence-corrected chi connectivity index (χ1v) is 5.46. The number of rotatable bonds is 1. The molecule has 2 aliphatic rings. The van der Waals surface area contributed by atoms with Crippen LogP contribution in [0.3, 0.4) is 0 Å². The van der Waals surface area contributed by atoms with Gasteiger partial charge in [-0.05, 0) is 26.2 Å². The molecule has 2 rings (SSSR count). The summed E-state index contributed by atoms with van der Waals surface area (Å²) in [6, 6.07) is 0.779. The zero-order chi connectivity index (χ0) is 10.1. The molecule has 4 nitrogen and oxygen atoms in total. The highest BCUT2D eigenvalue weighted by Gasteiger charge is 2.39. The number of amides is 2. The minimum absolute atomic E-state index is 0.108. The monoisotopic (exact) mass is 197 g/mol. The van der Waals surface area contributed by atoms with Crippen LogP contribution in [0.2, 0.25) is 0 Å². The summed E-state index contributed by atoms with van der Waals surface area (Å²) < 4.78 is 0. The number of urea groups is 1. The highest BCUT2D eigenvalue weighted by molar-refractivity contribution is 5.75. The second-order valence-electron chi connectivity index (χ2n) is 4.57. The van der Waals surface area contributed by atoms with Gasteiger partial charge in [-0.2, -0.15) is 0 Å². The van der Waals surface area contributed by atoms with Gasteiger partial charge in [0.15, 0.2) is 0 Å². The van der Waals surface area contributed by atoms with Crippen molar-refractivity contribution in [1.82, 2.24) is 15.5 Å². The second-order valence-corrected chi connectivity index (χ2v) is 4.57. The smallest absolute Gasteiger partial charge is 0.317 e. The van der Waals surface area contributed by atoms with Crippen molar-refractivity contribution in [3.8, 4) is 0 Å². The van der Waals surface area contributed by atoms with Crippen LogP contribution < -0.4 is 10.6 Å². The van der Waals surface area contributed by atoms with Crippen LogP contribution in [-0.4, -0.2) is 42.6 Å². The zero-order valence-electron chi connectivity index (χ0n) is 8.92. The lowest BCUT2D eigenvalue weighted by Gasteiger charge is -2.24. The van der Waals surface area contributed by atoms with Crippen LogP contribution in [0.4, 0.5) is 4.79 Å². The average molecular weight is 197 g/mol. The summed E-state index contributed by atoms with van der Waals surface area (Å²) in [5, 5.41) is 6.30. The summed E-state index contributed by atoms with van der Waals surface area (Å²) >= 11 is 0. The van der Waals surface area contributed by atoms with Crippen molar-refractivity contribution in [2.24, 2.45) is 5.92 Å². The van der Waals surface area contributed by atoms with Gasteiger partial charge in [0.2, 0.25) is 0 Å². The van der Waals surface area contributed by atoms with Crippen molar-refractivity contribution < 1.29 is 4.79 Å². The summed E-state index contributed by atoms with van der Waals surface area (Å²) in [4.78, 5) is 13.8. The Bertz CT molecular complexity index is 229. The number of hydrogen-bond donors (Lipinski definition) is 2. The molecule has 4 heteroatoms. The summed E-state index contributed by atoms with van der Waals surface area (Å²) in [6.45, 7) is 6.97. The number of carbonyl (C=O) groups is 1. The van der Waals surface area contributed by atoms with Crippen molar-refractivity contribution in [2.45, 2.75) is 32.4 Å². The third-order valence-corrected chi connectivity index (χ3v) is 3.12. The predicted molar refractivity (Wildman–Crippen MR) is 55.1 cm³/mol. The van der Waals surface area contributed by atoms with Gasteiger partial charge in [-0.1, -0.05) is 0 Å². The molecule has 0 aliphatic carbocycles. The lowest BCUT2D eigenvalue weighted by atomic mass is 10.1. The van der Waals surface area contributed by atoms with Crippen LogP contribution >= 0.6 is 0 Å². The fourth-order valence-electron chi connectivity index (χ4n) is 2.43. The number of carbonyl (C=O) groups excluding carboxylic acids is 1. The van der Waals surface area contributed by atoms with E-state index in [1.54, 1.807) is 0 Å². The van der Waals surface area contributed by atoms with Crippen molar-refractivity contribution >= 4 is 6.03 Å². The van der Waals surface area contributed by atoms with Crippen molar-refractivity contribution in [1.29, 1.82) is 0 Å². The lowest BCUT2D eigenvalue weighted by molar-refractivity contribution is 0.190. The minimum atomic E-state index is 0.108. The quantitative estimate of drug-likeness (QED) is 0.639. The van der Waals surface area contributed by atoms with Crippen LogP contribution in [0.1, 0.15) is 20.3 Å². The largest absolute Gasteiger partial charge is 0.336 e. The lowest BCUT2D eigenvalue weighted by Crippen LogP contribution is -2.47. The molecule has 0 bridgehead atoms. The van der Waals surface area contributed by atoms with Crippen LogP contribution in [0.15, 0.2) is 0 Å². The fraction of sp³-hybridized carbons (Fsp3) is 0.900. The summed E-state index contributed by atoms with van der Waals surface area (Å²) in [5.41, 5.74) is 0. The van der Waals surface area contributed by atoms with E-state index in [9.17, 15) is 4.79 Å². The van der Waals surface area contributed by atoms with Crippen LogP contribution in [0.25, 0.3) is 0 Å². The minimum Gasteiger partial charge on any atom is -0.336 e. The van der Waals surface area contributed by atoms with E-state index in [4.69, 9.17) is 0 Å². The van der Waals surface area contributed by atoms with E-state index in [1.165, 1.54) is 0 Å². The molecule has 2 N–H and O–H groups in total. The number of fused-ring (bicyclic) bond motifs is 1. The standard InChI is InChI=1S/C10H19N3O/c1-7(2)12-10(14)13-4-3-8-5-11-6-9(8)13/h7-9,11H,3-6H2,1-2H3,(H,12,14)/t8-,9+/m0/s1. The Kier molecular flexibility index (Phi) is 2.63. The molecule has 0 aromatic rings. The van der Waals surface area contributed by atoms with Crippen molar-refractivity contribution in [3.63, 3.8) is 0 Å². The molecule has 2 atom stereocenters. The number of likely N-dealkylation sites (tertiary alicyclic amines) is 1. The third-order valence-electron chi connectivity index (χ3n) is 3.12. The normalized spacial score (nSPS) is 30.9. The molecule has 14 heavy (non-hydrogen) atoms. The molecule has 2 aliphatic heterocycles. The molecular formula is C10H19N3O. The molecule has 2 saturated heterocycles. The van der Waals surface area contributed by atoms with Gasteiger partial charge < -0.3 is 15.5 Å². The van der Waals surface area contributed by atoms with Crippen LogP contribution in [-0.2, 0) is 0 Å². The Morgan fingerprint density at radius 2 is 2.29 bits per heavy atom. The summed E-state index contributed by atoms with van der Waals surface area (Å²) in [5.74, 6) is 0.688. The molecule has 0 saturated carbocycles. The van der Waals surface area contributed by atoms with E-state index in [1.807, 2.05) is 18.7 Å². The maximum atomic E-state index is 11.8.